The van der Waals surface area contributed by atoms with Gasteiger partial charge in [0.1, 0.15) is 0 Å². The number of furan rings is 1. The van der Waals surface area contributed by atoms with Crippen LogP contribution in [-0.4, -0.2) is 30.7 Å². The van der Waals surface area contributed by atoms with Crippen LogP contribution in [0.25, 0.3) is 11.3 Å². The first kappa shape index (κ1) is 21.2. The van der Waals surface area contributed by atoms with Gasteiger partial charge < -0.3 is 23.9 Å². The number of carbonyl (C=O) groups is 1. The Morgan fingerprint density at radius 3 is 2.23 bits per heavy atom. The minimum Gasteiger partial charge on any atom is -0.490 e. The molecular weight excluding hydrogens is 384 g/mol. The van der Waals surface area contributed by atoms with Gasteiger partial charge in [0.15, 0.2) is 11.5 Å². The number of nitrogens with zero attached hydrogens (tertiary/aromatic N) is 1. The van der Waals surface area contributed by atoms with Crippen molar-refractivity contribution < 1.29 is 23.4 Å². The van der Waals surface area contributed by atoms with Gasteiger partial charge in [-0.15, -0.1) is 0 Å². The summed E-state index contributed by atoms with van der Waals surface area (Å²) in [5.74, 6) is 1.25. The van der Waals surface area contributed by atoms with Crippen molar-refractivity contribution >= 4 is 5.91 Å². The highest BCUT2D eigenvalue weighted by Gasteiger charge is 2.18. The summed E-state index contributed by atoms with van der Waals surface area (Å²) in [6.07, 6.45) is 4.98. The minimum atomic E-state index is -0.237. The molecule has 0 bridgehead atoms. The van der Waals surface area contributed by atoms with Crippen molar-refractivity contribution in [1.82, 2.24) is 10.3 Å². The molecule has 7 heteroatoms. The predicted molar refractivity (Wildman–Crippen MR) is 113 cm³/mol. The normalized spacial score (nSPS) is 10.5. The average Bonchev–Trinajstić information content (AvgIpc) is 3.30. The summed E-state index contributed by atoms with van der Waals surface area (Å²) in [6, 6.07) is 9.01. The first-order chi connectivity index (χ1) is 14.7. The molecule has 1 aromatic carbocycles. The van der Waals surface area contributed by atoms with E-state index in [1.54, 1.807) is 30.9 Å². The van der Waals surface area contributed by atoms with Crippen LogP contribution in [0.4, 0.5) is 0 Å². The minimum absolute atomic E-state index is 0.237. The van der Waals surface area contributed by atoms with E-state index in [0.29, 0.717) is 49.2 Å². The number of rotatable bonds is 10. The maximum Gasteiger partial charge on any atom is 0.251 e. The molecule has 2 heterocycles. The van der Waals surface area contributed by atoms with Gasteiger partial charge >= 0.3 is 0 Å². The van der Waals surface area contributed by atoms with E-state index in [1.165, 1.54) is 0 Å². The third-order valence-electron chi connectivity index (χ3n) is 4.27. The Balaban J connectivity index is 1.74. The topological polar surface area (TPSA) is 82.8 Å². The van der Waals surface area contributed by atoms with E-state index in [-0.39, 0.29) is 5.91 Å². The second-order valence-electron chi connectivity index (χ2n) is 6.35. The average molecular weight is 410 g/mol. The maximum absolute atomic E-state index is 12.8. The first-order valence-electron chi connectivity index (χ1n) is 9.98. The molecule has 0 saturated heterocycles. The lowest BCUT2D eigenvalue weighted by Crippen LogP contribution is -2.23. The number of amides is 1. The number of hydrogen-bond acceptors (Lipinski definition) is 6. The zero-order valence-corrected chi connectivity index (χ0v) is 17.4. The highest BCUT2D eigenvalue weighted by Crippen LogP contribution is 2.39. The van der Waals surface area contributed by atoms with Crippen LogP contribution in [0, 0.1) is 0 Å². The molecule has 3 rings (SSSR count). The molecule has 1 N–H and O–H groups in total. The van der Waals surface area contributed by atoms with Crippen molar-refractivity contribution in [1.29, 1.82) is 0 Å². The number of carbonyl (C=O) groups excluding carboxylic acids is 1. The third kappa shape index (κ3) is 5.11. The standard InChI is InChI=1S/C23H26N2O5/c1-4-28-20-11-18(12-21(29-5-2)22(20)30-6-3)23(26)25-14-16-7-8-19(24-13-16)17-9-10-27-15-17/h7-13,15H,4-6,14H2,1-3H3,(H,25,26). The van der Waals surface area contributed by atoms with Crippen molar-refractivity contribution in [3.8, 4) is 28.5 Å². The second kappa shape index (κ2) is 10.3. The molecule has 1 amide bonds. The lowest BCUT2D eigenvalue weighted by atomic mass is 10.1. The van der Waals surface area contributed by atoms with Gasteiger partial charge in [-0.3, -0.25) is 9.78 Å². The van der Waals surface area contributed by atoms with Gasteiger partial charge in [-0.1, -0.05) is 6.07 Å². The van der Waals surface area contributed by atoms with Gasteiger partial charge in [-0.05, 0) is 50.6 Å². The Morgan fingerprint density at radius 1 is 1.00 bits per heavy atom. The molecular formula is C23H26N2O5. The fraction of sp³-hybridized carbons (Fsp3) is 0.304. The Hall–Kier alpha value is -3.48. The van der Waals surface area contributed by atoms with Crippen molar-refractivity contribution in [3.63, 3.8) is 0 Å². The van der Waals surface area contributed by atoms with Crippen LogP contribution in [0.15, 0.2) is 53.5 Å². The summed E-state index contributed by atoms with van der Waals surface area (Å²) in [4.78, 5) is 17.2. The number of benzene rings is 1. The molecule has 0 aliphatic rings. The van der Waals surface area contributed by atoms with Crippen molar-refractivity contribution in [2.45, 2.75) is 27.3 Å². The molecule has 2 aromatic heterocycles. The van der Waals surface area contributed by atoms with Crippen LogP contribution >= 0.6 is 0 Å². The molecule has 0 atom stereocenters. The lowest BCUT2D eigenvalue weighted by Gasteiger charge is -2.17. The molecule has 3 aromatic rings. The smallest absolute Gasteiger partial charge is 0.251 e. The fourth-order valence-electron chi connectivity index (χ4n) is 2.91. The molecule has 0 spiro atoms. The van der Waals surface area contributed by atoms with Crippen LogP contribution in [-0.2, 0) is 6.54 Å². The highest BCUT2D eigenvalue weighted by atomic mass is 16.5. The largest absolute Gasteiger partial charge is 0.490 e. The number of nitrogens with one attached hydrogen (secondary N) is 1. The van der Waals surface area contributed by atoms with Crippen molar-refractivity contribution in [2.75, 3.05) is 19.8 Å². The molecule has 30 heavy (non-hydrogen) atoms. The zero-order valence-electron chi connectivity index (χ0n) is 17.4. The molecule has 7 nitrogen and oxygen atoms in total. The maximum atomic E-state index is 12.8. The van der Waals surface area contributed by atoms with Gasteiger partial charge in [0.05, 0.1) is 38.0 Å². The summed E-state index contributed by atoms with van der Waals surface area (Å²) in [6.45, 7) is 7.35. The van der Waals surface area contributed by atoms with E-state index >= 15 is 0 Å². The van der Waals surface area contributed by atoms with E-state index in [0.717, 1.165) is 16.8 Å². The molecule has 0 fully saturated rings. The molecule has 0 aliphatic carbocycles. The van der Waals surface area contributed by atoms with E-state index in [9.17, 15) is 4.79 Å². The Morgan fingerprint density at radius 2 is 1.70 bits per heavy atom. The summed E-state index contributed by atoms with van der Waals surface area (Å²) in [5, 5.41) is 2.91. The van der Waals surface area contributed by atoms with Crippen LogP contribution in [0.2, 0.25) is 0 Å². The van der Waals surface area contributed by atoms with E-state index in [4.69, 9.17) is 18.6 Å². The second-order valence-corrected chi connectivity index (χ2v) is 6.35. The Labute approximate surface area is 176 Å². The van der Waals surface area contributed by atoms with Crippen molar-refractivity contribution in [3.05, 3.63) is 60.2 Å². The third-order valence-corrected chi connectivity index (χ3v) is 4.27. The monoisotopic (exact) mass is 410 g/mol. The van der Waals surface area contributed by atoms with Gasteiger partial charge in [0.2, 0.25) is 5.75 Å². The predicted octanol–water partition coefficient (Wildman–Crippen LogP) is 4.47. The van der Waals surface area contributed by atoms with E-state index in [1.807, 2.05) is 39.0 Å². The van der Waals surface area contributed by atoms with Gasteiger partial charge in [-0.25, -0.2) is 0 Å². The molecule has 0 saturated carbocycles. The van der Waals surface area contributed by atoms with Crippen LogP contribution < -0.4 is 19.5 Å². The number of hydrogen-bond donors (Lipinski definition) is 1. The van der Waals surface area contributed by atoms with Gasteiger partial charge in [0, 0.05) is 23.9 Å². The van der Waals surface area contributed by atoms with Crippen molar-refractivity contribution in [2.24, 2.45) is 0 Å². The van der Waals surface area contributed by atoms with Gasteiger partial charge in [-0.2, -0.15) is 0 Å². The van der Waals surface area contributed by atoms with E-state index in [2.05, 4.69) is 10.3 Å². The van der Waals surface area contributed by atoms with E-state index < -0.39 is 0 Å². The summed E-state index contributed by atoms with van der Waals surface area (Å²) < 4.78 is 22.1. The summed E-state index contributed by atoms with van der Waals surface area (Å²) >= 11 is 0. The molecule has 0 aliphatic heterocycles. The Kier molecular flexibility index (Phi) is 7.32. The zero-order chi connectivity index (χ0) is 21.3. The van der Waals surface area contributed by atoms with Crippen LogP contribution in [0.3, 0.4) is 0 Å². The summed E-state index contributed by atoms with van der Waals surface area (Å²) in [5.41, 5.74) is 3.05. The number of pyridine rings is 1. The highest BCUT2D eigenvalue weighted by molar-refractivity contribution is 5.95. The lowest BCUT2D eigenvalue weighted by molar-refractivity contribution is 0.0949. The number of aromatic nitrogens is 1. The molecule has 0 radical (unpaired) electrons. The first-order valence-corrected chi connectivity index (χ1v) is 9.98. The number of ether oxygens (including phenoxy) is 3. The molecule has 158 valence electrons. The van der Waals surface area contributed by atoms with Gasteiger partial charge in [0.25, 0.3) is 5.91 Å². The summed E-state index contributed by atoms with van der Waals surface area (Å²) in [7, 11) is 0. The quantitative estimate of drug-likeness (QED) is 0.531. The fourth-order valence-corrected chi connectivity index (χ4v) is 2.91. The molecule has 0 unspecified atom stereocenters. The van der Waals surface area contributed by atoms with Crippen LogP contribution in [0.5, 0.6) is 17.2 Å². The SMILES string of the molecule is CCOc1cc(C(=O)NCc2ccc(-c3ccoc3)nc2)cc(OCC)c1OCC. The van der Waals surface area contributed by atoms with Crippen LogP contribution in [0.1, 0.15) is 36.7 Å². The Bertz CT molecular complexity index is 925.